The molecule has 5 rings (SSSR count). The predicted octanol–water partition coefficient (Wildman–Crippen LogP) is 4.64. The molecule has 0 bridgehead atoms. The van der Waals surface area contributed by atoms with Gasteiger partial charge in [-0.3, -0.25) is 0 Å². The average Bonchev–Trinajstić information content (AvgIpc) is 2.88. The molecule has 1 saturated heterocycles. The maximum Gasteiger partial charge on any atom is 0.337 e. The standard InChI is InChI=1S/C25H21ClN4O3/c1-32-25(31)18-4-2-3-17(15-18)22-28-23-20(24(29-22)30-11-13-33-14-12-30)9-10-21(27-23)16-5-7-19(26)8-6-16/h2-10,15H,11-14H2,1H3. The lowest BCUT2D eigenvalue weighted by molar-refractivity contribution is 0.0601. The number of aromatic nitrogens is 3. The zero-order valence-electron chi connectivity index (χ0n) is 18.0. The van der Waals surface area contributed by atoms with Crippen molar-refractivity contribution in [2.24, 2.45) is 0 Å². The van der Waals surface area contributed by atoms with Gasteiger partial charge in [-0.15, -0.1) is 0 Å². The first kappa shape index (κ1) is 21.3. The van der Waals surface area contributed by atoms with Gasteiger partial charge in [0.1, 0.15) is 5.82 Å². The highest BCUT2D eigenvalue weighted by atomic mass is 35.5. The van der Waals surface area contributed by atoms with Crippen LogP contribution >= 0.6 is 11.6 Å². The summed E-state index contributed by atoms with van der Waals surface area (Å²) in [5.74, 6) is 0.890. The molecule has 166 valence electrons. The molecular weight excluding hydrogens is 440 g/mol. The van der Waals surface area contributed by atoms with Crippen LogP contribution in [0.4, 0.5) is 5.82 Å². The molecule has 0 amide bonds. The minimum atomic E-state index is -0.408. The van der Waals surface area contributed by atoms with Crippen LogP contribution in [0.2, 0.25) is 5.02 Å². The Morgan fingerprint density at radius 1 is 0.970 bits per heavy atom. The first-order valence-electron chi connectivity index (χ1n) is 10.6. The minimum Gasteiger partial charge on any atom is -0.465 e. The van der Waals surface area contributed by atoms with E-state index in [4.69, 9.17) is 36.0 Å². The van der Waals surface area contributed by atoms with Crippen molar-refractivity contribution in [3.63, 3.8) is 0 Å². The normalized spacial score (nSPS) is 13.8. The van der Waals surface area contributed by atoms with Gasteiger partial charge in [0.25, 0.3) is 0 Å². The highest BCUT2D eigenvalue weighted by molar-refractivity contribution is 6.30. The van der Waals surface area contributed by atoms with Gasteiger partial charge in [0.15, 0.2) is 11.5 Å². The number of rotatable bonds is 4. The molecule has 0 unspecified atom stereocenters. The molecule has 3 heterocycles. The van der Waals surface area contributed by atoms with Crippen LogP contribution in [0.15, 0.2) is 60.7 Å². The highest BCUT2D eigenvalue weighted by Gasteiger charge is 2.20. The van der Waals surface area contributed by atoms with Crippen LogP contribution in [0.5, 0.6) is 0 Å². The molecule has 0 saturated carbocycles. The van der Waals surface area contributed by atoms with E-state index in [1.807, 2.05) is 42.5 Å². The monoisotopic (exact) mass is 460 g/mol. The number of pyridine rings is 1. The average molecular weight is 461 g/mol. The van der Waals surface area contributed by atoms with Crippen LogP contribution in [0.1, 0.15) is 10.4 Å². The van der Waals surface area contributed by atoms with E-state index < -0.39 is 5.97 Å². The van der Waals surface area contributed by atoms with E-state index >= 15 is 0 Å². The van der Waals surface area contributed by atoms with Crippen molar-refractivity contribution in [3.05, 3.63) is 71.2 Å². The Labute approximate surface area is 196 Å². The molecule has 2 aromatic carbocycles. The van der Waals surface area contributed by atoms with Crippen molar-refractivity contribution < 1.29 is 14.3 Å². The molecule has 0 N–H and O–H groups in total. The van der Waals surface area contributed by atoms with Crippen molar-refractivity contribution >= 4 is 34.4 Å². The van der Waals surface area contributed by atoms with Crippen molar-refractivity contribution in [2.45, 2.75) is 0 Å². The Kier molecular flexibility index (Phi) is 5.90. The number of hydrogen-bond acceptors (Lipinski definition) is 7. The number of carbonyl (C=O) groups excluding carboxylic acids is 1. The van der Waals surface area contributed by atoms with Gasteiger partial charge in [0.2, 0.25) is 0 Å². The van der Waals surface area contributed by atoms with Crippen LogP contribution in [-0.2, 0) is 9.47 Å². The summed E-state index contributed by atoms with van der Waals surface area (Å²) in [5.41, 5.74) is 3.47. The van der Waals surface area contributed by atoms with E-state index in [2.05, 4.69) is 4.90 Å². The highest BCUT2D eigenvalue weighted by Crippen LogP contribution is 2.30. The Bertz CT molecular complexity index is 1320. The predicted molar refractivity (Wildman–Crippen MR) is 128 cm³/mol. The van der Waals surface area contributed by atoms with Crippen LogP contribution in [0, 0.1) is 0 Å². The molecule has 1 aliphatic heterocycles. The van der Waals surface area contributed by atoms with Crippen LogP contribution < -0.4 is 4.90 Å². The summed E-state index contributed by atoms with van der Waals surface area (Å²) in [5, 5.41) is 1.53. The molecule has 8 heteroatoms. The van der Waals surface area contributed by atoms with Gasteiger partial charge in [0.05, 0.1) is 37.0 Å². The fraction of sp³-hybridized carbons (Fsp3) is 0.200. The number of ether oxygens (including phenoxy) is 2. The third kappa shape index (κ3) is 4.37. The van der Waals surface area contributed by atoms with E-state index in [1.165, 1.54) is 7.11 Å². The van der Waals surface area contributed by atoms with E-state index in [0.717, 1.165) is 35.6 Å². The maximum absolute atomic E-state index is 12.0. The third-order valence-corrected chi connectivity index (χ3v) is 5.78. The number of morpholine rings is 1. The van der Waals surface area contributed by atoms with Gasteiger partial charge in [0, 0.05) is 29.2 Å². The third-order valence-electron chi connectivity index (χ3n) is 5.53. The molecule has 0 aliphatic carbocycles. The number of methoxy groups -OCH3 is 1. The van der Waals surface area contributed by atoms with Crippen LogP contribution in [0.25, 0.3) is 33.7 Å². The number of nitrogens with zero attached hydrogens (tertiary/aromatic N) is 4. The molecule has 1 fully saturated rings. The number of carbonyl (C=O) groups is 1. The Morgan fingerprint density at radius 2 is 1.76 bits per heavy atom. The summed E-state index contributed by atoms with van der Waals surface area (Å²) in [6, 6.07) is 18.6. The fourth-order valence-electron chi connectivity index (χ4n) is 3.82. The second-order valence-electron chi connectivity index (χ2n) is 7.62. The number of anilines is 1. The van der Waals surface area contributed by atoms with Crippen LogP contribution in [0.3, 0.4) is 0 Å². The lowest BCUT2D eigenvalue weighted by atomic mass is 10.1. The van der Waals surface area contributed by atoms with Gasteiger partial charge >= 0.3 is 5.97 Å². The van der Waals surface area contributed by atoms with E-state index in [-0.39, 0.29) is 0 Å². The summed E-state index contributed by atoms with van der Waals surface area (Å²) in [4.78, 5) is 28.7. The van der Waals surface area contributed by atoms with Crippen molar-refractivity contribution in [1.82, 2.24) is 15.0 Å². The largest absolute Gasteiger partial charge is 0.465 e. The Hall–Kier alpha value is -3.55. The molecule has 0 radical (unpaired) electrons. The maximum atomic E-state index is 12.0. The molecule has 2 aromatic heterocycles. The molecule has 0 spiro atoms. The zero-order valence-corrected chi connectivity index (χ0v) is 18.7. The van der Waals surface area contributed by atoms with Crippen LogP contribution in [-0.4, -0.2) is 54.3 Å². The van der Waals surface area contributed by atoms with E-state index in [9.17, 15) is 4.79 Å². The molecule has 7 nitrogen and oxygen atoms in total. The van der Waals surface area contributed by atoms with Crippen molar-refractivity contribution in [1.29, 1.82) is 0 Å². The first-order chi connectivity index (χ1) is 16.1. The van der Waals surface area contributed by atoms with Gasteiger partial charge in [-0.05, 0) is 36.4 Å². The molecular formula is C25H21ClN4O3. The summed E-state index contributed by atoms with van der Waals surface area (Å²) >= 11 is 6.05. The molecule has 33 heavy (non-hydrogen) atoms. The van der Waals surface area contributed by atoms with Gasteiger partial charge in [-0.2, -0.15) is 0 Å². The van der Waals surface area contributed by atoms with Gasteiger partial charge in [-0.25, -0.2) is 19.7 Å². The quantitative estimate of drug-likeness (QED) is 0.411. The van der Waals surface area contributed by atoms with E-state index in [1.54, 1.807) is 18.2 Å². The SMILES string of the molecule is COC(=O)c1cccc(-c2nc(N3CCOCC3)c3ccc(-c4ccc(Cl)cc4)nc3n2)c1. The molecule has 1 aliphatic rings. The van der Waals surface area contributed by atoms with E-state index in [0.29, 0.717) is 40.8 Å². The van der Waals surface area contributed by atoms with Gasteiger partial charge < -0.3 is 14.4 Å². The van der Waals surface area contributed by atoms with Gasteiger partial charge in [-0.1, -0.05) is 35.9 Å². The number of fused-ring (bicyclic) bond motifs is 1. The van der Waals surface area contributed by atoms with Crippen molar-refractivity contribution in [2.75, 3.05) is 38.3 Å². The smallest absolute Gasteiger partial charge is 0.337 e. The van der Waals surface area contributed by atoms with Crippen molar-refractivity contribution in [3.8, 4) is 22.6 Å². The number of halogens is 1. The summed E-state index contributed by atoms with van der Waals surface area (Å²) in [6.07, 6.45) is 0. The topological polar surface area (TPSA) is 77.4 Å². The fourth-order valence-corrected chi connectivity index (χ4v) is 3.95. The summed E-state index contributed by atoms with van der Waals surface area (Å²) in [6.45, 7) is 2.73. The number of benzene rings is 2. The second-order valence-corrected chi connectivity index (χ2v) is 8.05. The molecule has 4 aromatic rings. The lowest BCUT2D eigenvalue weighted by Gasteiger charge is -2.28. The Balaban J connectivity index is 1.67. The second kappa shape index (κ2) is 9.13. The lowest BCUT2D eigenvalue weighted by Crippen LogP contribution is -2.37. The summed E-state index contributed by atoms with van der Waals surface area (Å²) in [7, 11) is 1.36. The number of esters is 1. The zero-order chi connectivity index (χ0) is 22.8. The number of hydrogen-bond donors (Lipinski definition) is 0. The minimum absolute atomic E-state index is 0.408. The first-order valence-corrected chi connectivity index (χ1v) is 11.0. The Morgan fingerprint density at radius 3 is 2.52 bits per heavy atom. The molecule has 0 atom stereocenters. The summed E-state index contributed by atoms with van der Waals surface area (Å²) < 4.78 is 10.4.